The third-order valence-electron chi connectivity index (χ3n) is 5.57. The third-order valence-corrected chi connectivity index (χ3v) is 6.55. The Balaban J connectivity index is 1.72. The Bertz CT molecular complexity index is 1310. The molecule has 14 heteroatoms. The number of nitrogens with one attached hydrogen (secondary N) is 2. The van der Waals surface area contributed by atoms with Crippen LogP contribution in [0.5, 0.6) is 11.5 Å². The summed E-state index contributed by atoms with van der Waals surface area (Å²) >= 11 is 9.23. The molecule has 1 aromatic heterocycles. The molecule has 7 nitrogen and oxygen atoms in total. The van der Waals surface area contributed by atoms with Gasteiger partial charge in [-0.05, 0) is 39.7 Å². The minimum Gasteiger partial charge on any atom is -0.493 e. The summed E-state index contributed by atoms with van der Waals surface area (Å²) in [5, 5.41) is 8.47. The second-order valence-electron chi connectivity index (χ2n) is 7.76. The Hall–Kier alpha value is -3.06. The smallest absolute Gasteiger partial charge is 0.410 e. The molecule has 0 saturated carbocycles. The molecule has 1 aliphatic heterocycles. The number of hydrogen-bond donors (Lipinski definition) is 2. The third kappa shape index (κ3) is 4.81. The lowest BCUT2D eigenvalue weighted by atomic mass is 9.96. The van der Waals surface area contributed by atoms with Gasteiger partial charge in [0.1, 0.15) is 16.7 Å². The molecule has 0 bridgehead atoms. The number of rotatable bonds is 5. The maximum atomic E-state index is 14.2. The lowest BCUT2D eigenvalue weighted by molar-refractivity contribution is -0.173. The van der Waals surface area contributed by atoms with Gasteiger partial charge in [-0.25, -0.2) is 13.5 Å². The first kappa shape index (κ1) is 26.0. The first-order valence-electron chi connectivity index (χ1n) is 10.2. The molecule has 1 amide bonds. The quantitative estimate of drug-likeness (QED) is 0.329. The number of carbonyl (C=O) groups excluding carboxylic acids is 1. The van der Waals surface area contributed by atoms with Crippen LogP contribution >= 0.6 is 27.5 Å². The molecule has 2 N–H and O–H groups in total. The van der Waals surface area contributed by atoms with Crippen molar-refractivity contribution in [2.45, 2.75) is 24.7 Å². The number of anilines is 2. The summed E-state index contributed by atoms with van der Waals surface area (Å²) < 4.78 is 80.5. The van der Waals surface area contributed by atoms with Crippen LogP contribution in [0.15, 0.2) is 34.8 Å². The van der Waals surface area contributed by atoms with Crippen molar-refractivity contribution in [3.63, 3.8) is 0 Å². The molecule has 192 valence electrons. The molecule has 0 saturated heterocycles. The van der Waals surface area contributed by atoms with Crippen LogP contribution in [0.3, 0.4) is 0 Å². The molecule has 0 unspecified atom stereocenters. The maximum absolute atomic E-state index is 14.2. The highest BCUT2D eigenvalue weighted by Gasteiger charge is 2.48. The Labute approximate surface area is 214 Å². The van der Waals surface area contributed by atoms with Crippen molar-refractivity contribution in [1.82, 2.24) is 9.78 Å². The van der Waals surface area contributed by atoms with Crippen molar-refractivity contribution < 1.29 is 36.2 Å². The molecule has 0 aliphatic carbocycles. The highest BCUT2D eigenvalue weighted by molar-refractivity contribution is 9.10. The molecule has 3 aromatic rings. The first-order chi connectivity index (χ1) is 16.9. The fourth-order valence-electron chi connectivity index (χ4n) is 3.86. The van der Waals surface area contributed by atoms with Gasteiger partial charge in [0, 0.05) is 17.0 Å². The summed E-state index contributed by atoms with van der Waals surface area (Å²) in [6.07, 6.45) is -5.20. The van der Waals surface area contributed by atoms with Crippen molar-refractivity contribution >= 4 is 44.9 Å². The molecule has 2 heterocycles. The van der Waals surface area contributed by atoms with E-state index in [4.69, 9.17) is 21.1 Å². The predicted octanol–water partition coefficient (Wildman–Crippen LogP) is 6.51. The summed E-state index contributed by atoms with van der Waals surface area (Å²) in [6.45, 7) is 0. The van der Waals surface area contributed by atoms with Crippen molar-refractivity contribution in [3.05, 3.63) is 62.7 Å². The molecule has 2 aromatic carbocycles. The van der Waals surface area contributed by atoms with E-state index in [0.29, 0.717) is 27.8 Å². The molecule has 36 heavy (non-hydrogen) atoms. The molecule has 0 radical (unpaired) electrons. The van der Waals surface area contributed by atoms with E-state index in [1.54, 1.807) is 12.1 Å². The Kier molecular flexibility index (Phi) is 7.06. The zero-order valence-corrected chi connectivity index (χ0v) is 20.9. The SMILES string of the molecule is COc1ccc([C@@H]2C[C@H](C(F)(F)F)n3nc(C(=O)Nc4c(F)cc(F)cc4Br)c(Cl)c3N2)cc1OC. The average molecular weight is 596 g/mol. The number of hydrogen-bond acceptors (Lipinski definition) is 5. The van der Waals surface area contributed by atoms with E-state index in [9.17, 15) is 26.7 Å². The Morgan fingerprint density at radius 2 is 1.89 bits per heavy atom. The fraction of sp³-hybridized carbons (Fsp3) is 0.273. The number of benzene rings is 2. The number of carbonyl (C=O) groups is 1. The van der Waals surface area contributed by atoms with E-state index in [1.807, 2.05) is 0 Å². The van der Waals surface area contributed by atoms with Gasteiger partial charge in [-0.15, -0.1) is 0 Å². The van der Waals surface area contributed by atoms with Gasteiger partial charge < -0.3 is 20.1 Å². The van der Waals surface area contributed by atoms with Crippen LogP contribution in [0, 0.1) is 11.6 Å². The van der Waals surface area contributed by atoms with Crippen molar-refractivity contribution in [3.8, 4) is 11.5 Å². The molecule has 0 fully saturated rings. The van der Waals surface area contributed by atoms with E-state index >= 15 is 0 Å². The number of fused-ring (bicyclic) bond motifs is 1. The zero-order chi connectivity index (χ0) is 26.4. The number of alkyl halides is 3. The number of amides is 1. The summed E-state index contributed by atoms with van der Waals surface area (Å²) in [6, 6.07) is 3.11. The van der Waals surface area contributed by atoms with Crippen molar-refractivity contribution in [1.29, 1.82) is 0 Å². The van der Waals surface area contributed by atoms with E-state index < -0.39 is 58.6 Å². The summed E-state index contributed by atoms with van der Waals surface area (Å²) in [4.78, 5) is 12.8. The minimum absolute atomic E-state index is 0.117. The number of methoxy groups -OCH3 is 2. The topological polar surface area (TPSA) is 77.4 Å². The van der Waals surface area contributed by atoms with Crippen LogP contribution in [0.25, 0.3) is 0 Å². The van der Waals surface area contributed by atoms with Crippen LogP contribution in [0.2, 0.25) is 5.02 Å². The number of aromatic nitrogens is 2. The number of ether oxygens (including phenoxy) is 2. The summed E-state index contributed by atoms with van der Waals surface area (Å²) in [5.74, 6) is -2.61. The maximum Gasteiger partial charge on any atom is 0.410 e. The lowest BCUT2D eigenvalue weighted by Gasteiger charge is -2.33. The van der Waals surface area contributed by atoms with E-state index in [0.717, 1.165) is 6.07 Å². The van der Waals surface area contributed by atoms with E-state index in [1.165, 1.54) is 20.3 Å². The van der Waals surface area contributed by atoms with Gasteiger partial charge in [0.2, 0.25) is 0 Å². The number of halogens is 7. The number of nitrogens with zero attached hydrogens (tertiary/aromatic N) is 2. The van der Waals surface area contributed by atoms with Gasteiger partial charge in [-0.1, -0.05) is 17.7 Å². The highest BCUT2D eigenvalue weighted by Crippen LogP contribution is 2.47. The first-order valence-corrected chi connectivity index (χ1v) is 11.4. The highest BCUT2D eigenvalue weighted by atomic mass is 79.9. The van der Waals surface area contributed by atoms with Crippen molar-refractivity contribution in [2.24, 2.45) is 0 Å². The van der Waals surface area contributed by atoms with Gasteiger partial charge in [0.15, 0.2) is 29.1 Å². The van der Waals surface area contributed by atoms with E-state index in [-0.39, 0.29) is 10.3 Å². The van der Waals surface area contributed by atoms with Crippen LogP contribution in [-0.4, -0.2) is 36.1 Å². The Morgan fingerprint density at radius 3 is 2.50 bits per heavy atom. The van der Waals surface area contributed by atoms with Crippen LogP contribution in [-0.2, 0) is 0 Å². The van der Waals surface area contributed by atoms with Gasteiger partial charge in [0.25, 0.3) is 5.91 Å². The standard InChI is InChI=1S/C22H17BrClF5N4O3/c1-35-14-4-3-9(5-15(14)36-2)13-8-16(22(27,28)29)33-20(30-13)17(24)19(32-33)21(34)31-18-11(23)6-10(25)7-12(18)26/h3-7,13,16,30H,8H2,1-2H3,(H,31,34)/t13-,16+/m0/s1. The molecular formula is C22H17BrClF5N4O3. The van der Waals surface area contributed by atoms with Crippen LogP contribution in [0.4, 0.5) is 33.5 Å². The summed E-state index contributed by atoms with van der Waals surface area (Å²) in [5.41, 5.74) is -0.544. The van der Waals surface area contributed by atoms with Crippen LogP contribution < -0.4 is 20.1 Å². The van der Waals surface area contributed by atoms with Crippen molar-refractivity contribution in [2.75, 3.05) is 24.9 Å². The largest absolute Gasteiger partial charge is 0.493 e. The minimum atomic E-state index is -4.74. The molecule has 2 atom stereocenters. The average Bonchev–Trinajstić information content (AvgIpc) is 3.15. The lowest BCUT2D eigenvalue weighted by Crippen LogP contribution is -2.35. The predicted molar refractivity (Wildman–Crippen MR) is 125 cm³/mol. The Morgan fingerprint density at radius 1 is 1.19 bits per heavy atom. The second kappa shape index (κ2) is 9.77. The molecule has 0 spiro atoms. The normalized spacial score (nSPS) is 17.2. The second-order valence-corrected chi connectivity index (χ2v) is 8.99. The van der Waals surface area contributed by atoms with Gasteiger partial charge in [-0.3, -0.25) is 4.79 Å². The van der Waals surface area contributed by atoms with Gasteiger partial charge in [0.05, 0.1) is 25.9 Å². The van der Waals surface area contributed by atoms with E-state index in [2.05, 4.69) is 31.7 Å². The fourth-order valence-corrected chi connectivity index (χ4v) is 4.63. The summed E-state index contributed by atoms with van der Waals surface area (Å²) in [7, 11) is 2.82. The van der Waals surface area contributed by atoms with Gasteiger partial charge in [-0.2, -0.15) is 18.3 Å². The zero-order valence-electron chi connectivity index (χ0n) is 18.5. The molecular weight excluding hydrogens is 579 g/mol. The molecule has 4 rings (SSSR count). The monoisotopic (exact) mass is 594 g/mol. The molecule has 1 aliphatic rings. The van der Waals surface area contributed by atoms with Crippen LogP contribution in [0.1, 0.15) is 34.6 Å². The van der Waals surface area contributed by atoms with Gasteiger partial charge >= 0.3 is 6.18 Å².